The van der Waals surface area contributed by atoms with Crippen LogP contribution in [0.25, 0.3) is 0 Å². The molecule has 1 N–H and O–H groups in total. The van der Waals surface area contributed by atoms with Gasteiger partial charge in [0.1, 0.15) is 0 Å². The fourth-order valence-electron chi connectivity index (χ4n) is 3.31. The number of anilines is 1. The van der Waals surface area contributed by atoms with E-state index >= 15 is 0 Å². The van der Waals surface area contributed by atoms with Crippen LogP contribution in [-0.2, 0) is 19.7 Å². The molecule has 1 fully saturated rings. The molecule has 0 saturated heterocycles. The van der Waals surface area contributed by atoms with Gasteiger partial charge in [-0.1, -0.05) is 57.5 Å². The molecule has 0 unspecified atom stereocenters. The Balaban J connectivity index is 1.59. The van der Waals surface area contributed by atoms with Crippen LogP contribution in [-0.4, -0.2) is 24.3 Å². The number of hydrogen-bond acceptors (Lipinski definition) is 4. The van der Waals surface area contributed by atoms with E-state index in [2.05, 4.69) is 5.32 Å². The van der Waals surface area contributed by atoms with Crippen LogP contribution in [0.4, 0.5) is 5.69 Å². The predicted molar refractivity (Wildman–Crippen MR) is 112 cm³/mol. The highest BCUT2D eigenvalue weighted by Crippen LogP contribution is 2.44. The Kier molecular flexibility index (Phi) is 5.87. The molecule has 0 aromatic heterocycles. The zero-order valence-corrected chi connectivity index (χ0v) is 17.2. The van der Waals surface area contributed by atoms with E-state index in [0.717, 1.165) is 24.8 Å². The molecule has 3 rings (SSSR count). The highest BCUT2D eigenvalue weighted by atomic mass is 16.5. The Labute approximate surface area is 171 Å². The molecule has 0 spiro atoms. The first-order chi connectivity index (χ1) is 13.7. The predicted octanol–water partition coefficient (Wildman–Crippen LogP) is 4.52. The zero-order valence-electron chi connectivity index (χ0n) is 17.2. The molecule has 0 heterocycles. The molecule has 1 aliphatic rings. The molecule has 0 bridgehead atoms. The van der Waals surface area contributed by atoms with Gasteiger partial charge in [0.05, 0.1) is 5.41 Å². The van der Waals surface area contributed by atoms with Crippen molar-refractivity contribution in [2.24, 2.45) is 5.41 Å². The lowest BCUT2D eigenvalue weighted by Gasteiger charge is -2.39. The van der Waals surface area contributed by atoms with E-state index in [4.69, 9.17) is 4.74 Å². The number of Topliss-reactive ketones (excluding diaryl/α,β-unsaturated/α-hetero) is 1. The van der Waals surface area contributed by atoms with Gasteiger partial charge in [0, 0.05) is 16.7 Å². The molecule has 1 aliphatic carbocycles. The van der Waals surface area contributed by atoms with E-state index in [1.165, 1.54) is 0 Å². The number of nitrogens with one attached hydrogen (secondary N) is 1. The summed E-state index contributed by atoms with van der Waals surface area (Å²) in [4.78, 5) is 37.2. The maximum Gasteiger partial charge on any atom is 0.317 e. The second kappa shape index (κ2) is 8.19. The fraction of sp³-hybridized carbons (Fsp3) is 0.375. The van der Waals surface area contributed by atoms with Crippen LogP contribution < -0.4 is 5.32 Å². The van der Waals surface area contributed by atoms with Crippen LogP contribution in [0.3, 0.4) is 0 Å². The molecule has 2 aromatic carbocycles. The minimum Gasteiger partial charge on any atom is -0.457 e. The monoisotopic (exact) mass is 393 g/mol. The average Bonchev–Trinajstić information content (AvgIpc) is 2.66. The summed E-state index contributed by atoms with van der Waals surface area (Å²) in [6.07, 6.45) is 2.46. The first kappa shape index (κ1) is 20.8. The van der Waals surface area contributed by atoms with Crippen LogP contribution in [0.2, 0.25) is 0 Å². The van der Waals surface area contributed by atoms with Gasteiger partial charge in [-0.2, -0.15) is 0 Å². The average molecular weight is 393 g/mol. The molecule has 1 amide bonds. The van der Waals surface area contributed by atoms with Crippen LogP contribution in [0, 0.1) is 5.41 Å². The van der Waals surface area contributed by atoms with Gasteiger partial charge in [-0.3, -0.25) is 14.4 Å². The molecule has 2 aromatic rings. The van der Waals surface area contributed by atoms with Gasteiger partial charge >= 0.3 is 5.97 Å². The van der Waals surface area contributed by atoms with E-state index in [1.807, 2.05) is 51.1 Å². The molecule has 152 valence electrons. The third-order valence-corrected chi connectivity index (χ3v) is 5.40. The van der Waals surface area contributed by atoms with Crippen molar-refractivity contribution in [1.29, 1.82) is 0 Å². The van der Waals surface area contributed by atoms with Crippen molar-refractivity contribution in [2.45, 2.75) is 45.4 Å². The lowest BCUT2D eigenvalue weighted by molar-refractivity contribution is -0.153. The van der Waals surface area contributed by atoms with Gasteiger partial charge in [0.2, 0.25) is 5.91 Å². The van der Waals surface area contributed by atoms with Gasteiger partial charge in [-0.15, -0.1) is 0 Å². The first-order valence-corrected chi connectivity index (χ1v) is 9.90. The molecule has 5 nitrogen and oxygen atoms in total. The van der Waals surface area contributed by atoms with Crippen molar-refractivity contribution < 1.29 is 19.1 Å². The number of ether oxygens (including phenoxy) is 1. The third-order valence-electron chi connectivity index (χ3n) is 5.40. The van der Waals surface area contributed by atoms with Gasteiger partial charge in [0.25, 0.3) is 0 Å². The van der Waals surface area contributed by atoms with Gasteiger partial charge in [0.15, 0.2) is 12.4 Å². The number of benzene rings is 2. The van der Waals surface area contributed by atoms with Crippen LogP contribution in [0.15, 0.2) is 54.6 Å². The number of carbonyl (C=O) groups is 3. The standard InChI is InChI=1S/C24H27NO4/c1-23(2,3)21(27)25-19-12-10-17(11-13-19)20(26)16-29-22(28)24(14-7-15-24)18-8-5-4-6-9-18/h4-6,8-13H,7,14-16H2,1-3H3,(H,25,27). The Morgan fingerprint density at radius 3 is 2.10 bits per heavy atom. The highest BCUT2D eigenvalue weighted by Gasteiger charge is 2.47. The maximum absolute atomic E-state index is 12.7. The Hall–Kier alpha value is -2.95. The molecular weight excluding hydrogens is 366 g/mol. The minimum absolute atomic E-state index is 0.0998. The van der Waals surface area contributed by atoms with E-state index < -0.39 is 10.8 Å². The largest absolute Gasteiger partial charge is 0.457 e. The number of carbonyl (C=O) groups excluding carboxylic acids is 3. The molecular formula is C24H27NO4. The fourth-order valence-corrected chi connectivity index (χ4v) is 3.31. The van der Waals surface area contributed by atoms with E-state index in [1.54, 1.807) is 24.3 Å². The Morgan fingerprint density at radius 2 is 1.59 bits per heavy atom. The van der Waals surface area contributed by atoms with E-state index in [-0.39, 0.29) is 24.3 Å². The lowest BCUT2D eigenvalue weighted by atomic mass is 9.64. The second-order valence-electron chi connectivity index (χ2n) is 8.58. The van der Waals surface area contributed by atoms with E-state index in [0.29, 0.717) is 11.3 Å². The van der Waals surface area contributed by atoms with Crippen molar-refractivity contribution in [1.82, 2.24) is 0 Å². The molecule has 5 heteroatoms. The minimum atomic E-state index is -0.622. The number of amides is 1. The number of hydrogen-bond donors (Lipinski definition) is 1. The molecule has 0 atom stereocenters. The third kappa shape index (κ3) is 4.56. The smallest absolute Gasteiger partial charge is 0.317 e. The summed E-state index contributed by atoms with van der Waals surface area (Å²) in [7, 11) is 0. The second-order valence-corrected chi connectivity index (χ2v) is 8.58. The molecule has 0 radical (unpaired) electrons. The van der Waals surface area contributed by atoms with E-state index in [9.17, 15) is 14.4 Å². The maximum atomic E-state index is 12.7. The summed E-state index contributed by atoms with van der Waals surface area (Å²) in [5.74, 6) is -0.704. The van der Waals surface area contributed by atoms with Crippen molar-refractivity contribution in [3.8, 4) is 0 Å². The number of esters is 1. The number of rotatable bonds is 6. The first-order valence-electron chi connectivity index (χ1n) is 9.90. The van der Waals surface area contributed by atoms with Gasteiger partial charge < -0.3 is 10.1 Å². The topological polar surface area (TPSA) is 72.5 Å². The van der Waals surface area contributed by atoms with Crippen molar-refractivity contribution in [2.75, 3.05) is 11.9 Å². The van der Waals surface area contributed by atoms with Crippen molar-refractivity contribution in [3.05, 3.63) is 65.7 Å². The summed E-state index contributed by atoms with van der Waals surface area (Å²) >= 11 is 0. The summed E-state index contributed by atoms with van der Waals surface area (Å²) in [5.41, 5.74) is 0.884. The van der Waals surface area contributed by atoms with Gasteiger partial charge in [-0.05, 0) is 42.7 Å². The highest BCUT2D eigenvalue weighted by molar-refractivity contribution is 5.99. The van der Waals surface area contributed by atoms with Crippen molar-refractivity contribution in [3.63, 3.8) is 0 Å². The lowest BCUT2D eigenvalue weighted by Crippen LogP contribution is -2.44. The van der Waals surface area contributed by atoms with Gasteiger partial charge in [-0.25, -0.2) is 0 Å². The number of ketones is 1. The molecule has 0 aliphatic heterocycles. The zero-order chi connectivity index (χ0) is 21.1. The van der Waals surface area contributed by atoms with Crippen LogP contribution in [0.1, 0.15) is 56.0 Å². The Morgan fingerprint density at radius 1 is 0.966 bits per heavy atom. The summed E-state index contributed by atoms with van der Waals surface area (Å²) < 4.78 is 5.40. The quantitative estimate of drug-likeness (QED) is 0.579. The van der Waals surface area contributed by atoms with Crippen LogP contribution >= 0.6 is 0 Å². The normalized spacial score (nSPS) is 15.1. The molecule has 29 heavy (non-hydrogen) atoms. The van der Waals surface area contributed by atoms with Crippen LogP contribution in [0.5, 0.6) is 0 Å². The molecule has 1 saturated carbocycles. The van der Waals surface area contributed by atoms with Crippen molar-refractivity contribution >= 4 is 23.3 Å². The SMILES string of the molecule is CC(C)(C)C(=O)Nc1ccc(C(=O)COC(=O)C2(c3ccccc3)CCC2)cc1. The Bertz CT molecular complexity index is 891. The summed E-state index contributed by atoms with van der Waals surface area (Å²) in [5, 5.41) is 2.82. The summed E-state index contributed by atoms with van der Waals surface area (Å²) in [6.45, 7) is 5.21. The summed E-state index contributed by atoms with van der Waals surface area (Å²) in [6, 6.07) is 16.2.